The van der Waals surface area contributed by atoms with E-state index in [1.807, 2.05) is 18.4 Å². The second-order valence-electron chi connectivity index (χ2n) is 6.17. The number of rotatable bonds is 6. The van der Waals surface area contributed by atoms with Gasteiger partial charge in [-0.15, -0.1) is 22.7 Å². The van der Waals surface area contributed by atoms with Crippen molar-refractivity contribution >= 4 is 38.6 Å². The molecule has 136 valence electrons. The van der Waals surface area contributed by atoms with Crippen molar-refractivity contribution in [2.75, 3.05) is 13.1 Å². The monoisotopic (exact) mass is 398 g/mol. The number of hydrogen-bond donors (Lipinski definition) is 1. The molecule has 0 unspecified atom stereocenters. The first kappa shape index (κ1) is 18.6. The lowest BCUT2D eigenvalue weighted by molar-refractivity contribution is -0.120. The van der Waals surface area contributed by atoms with Gasteiger partial charge in [-0.25, -0.2) is 8.42 Å². The van der Waals surface area contributed by atoms with Gasteiger partial charge in [0.25, 0.3) is 10.0 Å². The molecule has 0 atom stereocenters. The lowest BCUT2D eigenvalue weighted by atomic mass is 10.2. The van der Waals surface area contributed by atoms with Crippen molar-refractivity contribution in [2.24, 2.45) is 0 Å². The Bertz CT molecular complexity index is 833. The van der Waals surface area contributed by atoms with Gasteiger partial charge >= 0.3 is 0 Å². The molecule has 0 saturated carbocycles. The summed E-state index contributed by atoms with van der Waals surface area (Å²) in [5.74, 6) is -0.0865. The average molecular weight is 399 g/mol. The van der Waals surface area contributed by atoms with Crippen LogP contribution in [0.25, 0.3) is 0 Å². The van der Waals surface area contributed by atoms with Gasteiger partial charge in [0.2, 0.25) is 5.91 Å². The van der Waals surface area contributed by atoms with E-state index >= 15 is 0 Å². The highest BCUT2D eigenvalue weighted by Gasteiger charge is 2.27. The summed E-state index contributed by atoms with van der Waals surface area (Å²) >= 11 is 2.82. The molecular formula is C17H22N2O3S3. The maximum absolute atomic E-state index is 12.6. The fraction of sp³-hybridized carbons (Fsp3) is 0.471. The molecule has 1 N–H and O–H groups in total. The summed E-state index contributed by atoms with van der Waals surface area (Å²) in [6.45, 7) is 3.73. The molecule has 1 aliphatic rings. The molecule has 1 fully saturated rings. The van der Waals surface area contributed by atoms with Gasteiger partial charge in [0.05, 0.1) is 13.0 Å². The van der Waals surface area contributed by atoms with E-state index in [1.165, 1.54) is 16.9 Å². The Labute approximate surface area is 156 Å². The maximum Gasteiger partial charge on any atom is 0.252 e. The predicted molar refractivity (Wildman–Crippen MR) is 102 cm³/mol. The quantitative estimate of drug-likeness (QED) is 0.813. The summed E-state index contributed by atoms with van der Waals surface area (Å²) in [6, 6.07) is 5.40. The zero-order valence-corrected chi connectivity index (χ0v) is 16.6. The Morgan fingerprint density at radius 1 is 1.20 bits per heavy atom. The van der Waals surface area contributed by atoms with E-state index in [0.717, 1.165) is 29.0 Å². The summed E-state index contributed by atoms with van der Waals surface area (Å²) in [5.41, 5.74) is 1.18. The summed E-state index contributed by atoms with van der Waals surface area (Å²) in [7, 11) is -3.41. The van der Waals surface area contributed by atoms with Crippen molar-refractivity contribution in [2.45, 2.75) is 43.4 Å². The molecule has 5 nitrogen and oxygen atoms in total. The van der Waals surface area contributed by atoms with E-state index in [2.05, 4.69) is 5.32 Å². The first-order valence-electron chi connectivity index (χ1n) is 8.35. The molecule has 2 aromatic rings. The van der Waals surface area contributed by atoms with E-state index in [4.69, 9.17) is 0 Å². The normalized spacial score (nSPS) is 16.0. The van der Waals surface area contributed by atoms with E-state index in [0.29, 0.717) is 23.8 Å². The third-order valence-corrected chi connectivity index (χ3v) is 8.77. The Morgan fingerprint density at radius 3 is 2.64 bits per heavy atom. The van der Waals surface area contributed by atoms with Gasteiger partial charge in [-0.05, 0) is 48.9 Å². The Kier molecular flexibility index (Phi) is 5.93. The lowest BCUT2D eigenvalue weighted by Gasteiger charge is -2.25. The number of carbonyl (C=O) groups is 1. The smallest absolute Gasteiger partial charge is 0.252 e. The third-order valence-electron chi connectivity index (χ3n) is 4.30. The number of hydrogen-bond acceptors (Lipinski definition) is 5. The summed E-state index contributed by atoms with van der Waals surface area (Å²) in [6.07, 6.45) is 3.14. The molecule has 1 amide bonds. The number of aryl methyl sites for hydroxylation is 1. The molecule has 0 radical (unpaired) electrons. The topological polar surface area (TPSA) is 66.5 Å². The van der Waals surface area contributed by atoms with Crippen LogP contribution < -0.4 is 5.32 Å². The van der Waals surface area contributed by atoms with Gasteiger partial charge in [-0.3, -0.25) is 4.79 Å². The molecule has 3 rings (SSSR count). The van der Waals surface area contributed by atoms with E-state index < -0.39 is 10.0 Å². The summed E-state index contributed by atoms with van der Waals surface area (Å²) < 4.78 is 27.2. The van der Waals surface area contributed by atoms with Gasteiger partial charge in [0, 0.05) is 22.8 Å². The number of thiophene rings is 2. The van der Waals surface area contributed by atoms with E-state index in [-0.39, 0.29) is 12.3 Å². The zero-order chi connectivity index (χ0) is 17.9. The number of nitrogens with zero attached hydrogens (tertiary/aromatic N) is 1. The minimum atomic E-state index is -3.41. The minimum absolute atomic E-state index is 0.0865. The van der Waals surface area contributed by atoms with Gasteiger partial charge in [-0.2, -0.15) is 4.31 Å². The average Bonchev–Trinajstić information content (AvgIpc) is 3.23. The van der Waals surface area contributed by atoms with Crippen LogP contribution in [0.1, 0.15) is 34.6 Å². The molecule has 0 spiro atoms. The molecule has 8 heteroatoms. The van der Waals surface area contributed by atoms with Crippen LogP contribution in [0.5, 0.6) is 0 Å². The number of nitrogens with one attached hydrogen (secondary N) is 1. The van der Waals surface area contributed by atoms with Gasteiger partial charge < -0.3 is 5.32 Å². The third kappa shape index (κ3) is 4.49. The Morgan fingerprint density at radius 2 is 1.96 bits per heavy atom. The highest BCUT2D eigenvalue weighted by molar-refractivity contribution is 7.91. The SMILES string of the molecule is Cc1ccsc1CNC(=O)Cc1ccc(S(=O)(=O)N2CCCCC2)s1. The van der Waals surface area contributed by atoms with Crippen LogP contribution >= 0.6 is 22.7 Å². The molecule has 3 heterocycles. The highest BCUT2D eigenvalue weighted by Crippen LogP contribution is 2.27. The number of piperidine rings is 1. The van der Waals surface area contributed by atoms with Crippen molar-refractivity contribution in [1.82, 2.24) is 9.62 Å². The fourth-order valence-electron chi connectivity index (χ4n) is 2.81. The van der Waals surface area contributed by atoms with E-state index in [9.17, 15) is 13.2 Å². The standard InChI is InChI=1S/C17H22N2O3S3/c1-13-7-10-23-15(13)12-18-16(20)11-14-5-6-17(24-14)25(21,22)19-8-3-2-4-9-19/h5-7,10H,2-4,8-9,11-12H2,1H3,(H,18,20). The highest BCUT2D eigenvalue weighted by atomic mass is 32.2. The number of carbonyl (C=O) groups excluding carboxylic acids is 1. The fourth-order valence-corrected chi connectivity index (χ4v) is 6.68. The maximum atomic E-state index is 12.6. The van der Waals surface area contributed by atoms with Crippen molar-refractivity contribution in [3.05, 3.63) is 38.9 Å². The molecule has 2 aromatic heterocycles. The Hall–Kier alpha value is -1.22. The second kappa shape index (κ2) is 7.99. The van der Waals surface area contributed by atoms with Crippen molar-refractivity contribution < 1.29 is 13.2 Å². The molecule has 1 aliphatic heterocycles. The summed E-state index contributed by atoms with van der Waals surface area (Å²) in [5, 5.41) is 4.91. The van der Waals surface area contributed by atoms with Crippen molar-refractivity contribution in [1.29, 1.82) is 0 Å². The summed E-state index contributed by atoms with van der Waals surface area (Å²) in [4.78, 5) is 14.0. The molecule has 1 saturated heterocycles. The minimum Gasteiger partial charge on any atom is -0.351 e. The van der Waals surface area contributed by atoms with Crippen molar-refractivity contribution in [3.63, 3.8) is 0 Å². The molecule has 0 bridgehead atoms. The van der Waals surface area contributed by atoms with Crippen LogP contribution in [0.2, 0.25) is 0 Å². The van der Waals surface area contributed by atoms with Crippen LogP contribution in [0.4, 0.5) is 0 Å². The van der Waals surface area contributed by atoms with Gasteiger partial charge in [0.1, 0.15) is 4.21 Å². The van der Waals surface area contributed by atoms with Crippen LogP contribution in [-0.2, 0) is 27.8 Å². The van der Waals surface area contributed by atoms with Crippen LogP contribution in [-0.4, -0.2) is 31.7 Å². The van der Waals surface area contributed by atoms with E-state index in [1.54, 1.807) is 27.8 Å². The first-order chi connectivity index (χ1) is 12.0. The predicted octanol–water partition coefficient (Wildman–Crippen LogP) is 3.15. The van der Waals surface area contributed by atoms with Crippen LogP contribution in [0.3, 0.4) is 0 Å². The Balaban J connectivity index is 1.59. The molecule has 0 aromatic carbocycles. The second-order valence-corrected chi connectivity index (χ2v) is 10.5. The molecule has 25 heavy (non-hydrogen) atoms. The van der Waals surface area contributed by atoms with Crippen LogP contribution in [0, 0.1) is 6.92 Å². The molecule has 0 aliphatic carbocycles. The zero-order valence-electron chi connectivity index (χ0n) is 14.2. The lowest BCUT2D eigenvalue weighted by Crippen LogP contribution is -2.35. The number of sulfonamides is 1. The number of amides is 1. The largest absolute Gasteiger partial charge is 0.351 e. The van der Waals surface area contributed by atoms with Gasteiger partial charge in [0.15, 0.2) is 0 Å². The van der Waals surface area contributed by atoms with Gasteiger partial charge in [-0.1, -0.05) is 6.42 Å². The van der Waals surface area contributed by atoms with Crippen molar-refractivity contribution in [3.8, 4) is 0 Å². The first-order valence-corrected chi connectivity index (χ1v) is 11.5. The van der Waals surface area contributed by atoms with Crippen LogP contribution in [0.15, 0.2) is 27.8 Å². The molecular weight excluding hydrogens is 376 g/mol.